The van der Waals surface area contributed by atoms with E-state index in [2.05, 4.69) is 29.5 Å². The first-order valence-corrected chi connectivity index (χ1v) is 12.6. The fourth-order valence-corrected chi connectivity index (χ4v) is 5.22. The molecular formula is C24H32N3O3P. The van der Waals surface area contributed by atoms with E-state index in [0.717, 1.165) is 29.8 Å². The van der Waals surface area contributed by atoms with E-state index in [0.29, 0.717) is 19.8 Å². The average Bonchev–Trinajstić information content (AvgIpc) is 3.17. The van der Waals surface area contributed by atoms with Gasteiger partial charge in [0, 0.05) is 23.5 Å². The van der Waals surface area contributed by atoms with E-state index in [1.54, 1.807) is 0 Å². The van der Waals surface area contributed by atoms with Gasteiger partial charge in [-0.3, -0.25) is 4.57 Å². The van der Waals surface area contributed by atoms with Crippen molar-refractivity contribution in [3.63, 3.8) is 0 Å². The van der Waals surface area contributed by atoms with Gasteiger partial charge in [0.1, 0.15) is 0 Å². The van der Waals surface area contributed by atoms with Gasteiger partial charge in [-0.15, -0.1) is 0 Å². The second-order valence-corrected chi connectivity index (χ2v) is 9.32. The topological polar surface area (TPSA) is 65.4 Å². The molecule has 0 fully saturated rings. The van der Waals surface area contributed by atoms with E-state index < -0.39 is 7.60 Å². The molecule has 0 radical (unpaired) electrons. The minimum absolute atomic E-state index is 0.277. The summed E-state index contributed by atoms with van der Waals surface area (Å²) in [6.45, 7) is 7.26. The first-order valence-electron chi connectivity index (χ1n) is 10.9. The third kappa shape index (κ3) is 6.30. The van der Waals surface area contributed by atoms with Crippen LogP contribution in [0.15, 0.2) is 60.8 Å². The number of hydrogen-bond donors (Lipinski definition) is 1. The average molecular weight is 442 g/mol. The summed E-state index contributed by atoms with van der Waals surface area (Å²) in [7, 11) is -3.09. The third-order valence-electron chi connectivity index (χ3n) is 4.91. The van der Waals surface area contributed by atoms with Crippen LogP contribution in [-0.2, 0) is 32.7 Å². The first-order chi connectivity index (χ1) is 15.1. The van der Waals surface area contributed by atoms with Crippen LogP contribution in [0.3, 0.4) is 0 Å². The summed E-state index contributed by atoms with van der Waals surface area (Å²) in [5, 5.41) is 8.10. The molecule has 0 atom stereocenters. The zero-order valence-electron chi connectivity index (χ0n) is 18.6. The molecule has 166 valence electrons. The molecule has 0 aliphatic heterocycles. The first kappa shape index (κ1) is 23.3. The maximum Gasteiger partial charge on any atom is 0.335 e. The van der Waals surface area contributed by atoms with Crippen molar-refractivity contribution < 1.29 is 13.6 Å². The Morgan fingerprint density at radius 1 is 0.968 bits per heavy atom. The van der Waals surface area contributed by atoms with Gasteiger partial charge in [-0.25, -0.2) is 4.68 Å². The zero-order valence-corrected chi connectivity index (χ0v) is 19.5. The van der Waals surface area contributed by atoms with E-state index in [4.69, 9.17) is 9.05 Å². The number of para-hydroxylation sites is 1. The molecule has 0 aliphatic rings. The maximum atomic E-state index is 12.7. The molecule has 3 aromatic rings. The molecule has 1 aromatic heterocycles. The largest absolute Gasteiger partial charge is 0.381 e. The summed E-state index contributed by atoms with van der Waals surface area (Å²) >= 11 is 0. The molecule has 0 amide bonds. The van der Waals surface area contributed by atoms with Gasteiger partial charge in [-0.2, -0.15) is 5.10 Å². The molecule has 0 spiro atoms. The molecule has 0 aliphatic carbocycles. The Labute approximate surface area is 185 Å². The quantitative estimate of drug-likeness (QED) is 0.339. The summed E-state index contributed by atoms with van der Waals surface area (Å²) in [5.41, 5.74) is 5.43. The minimum Gasteiger partial charge on any atom is -0.381 e. The Balaban J connectivity index is 1.68. The van der Waals surface area contributed by atoms with Gasteiger partial charge in [0.2, 0.25) is 0 Å². The van der Waals surface area contributed by atoms with Crippen molar-refractivity contribution in [3.8, 4) is 5.69 Å². The molecular weight excluding hydrogens is 409 g/mol. The van der Waals surface area contributed by atoms with Crippen LogP contribution in [0.2, 0.25) is 0 Å². The normalized spacial score (nSPS) is 11.6. The van der Waals surface area contributed by atoms with Crippen molar-refractivity contribution >= 4 is 13.3 Å². The maximum absolute atomic E-state index is 12.7. The van der Waals surface area contributed by atoms with Gasteiger partial charge in [0.05, 0.1) is 31.3 Å². The number of aromatic nitrogens is 2. The van der Waals surface area contributed by atoms with Crippen LogP contribution in [0, 0.1) is 0 Å². The Hall–Kier alpha value is -2.40. The molecule has 31 heavy (non-hydrogen) atoms. The van der Waals surface area contributed by atoms with Gasteiger partial charge in [-0.05, 0) is 50.1 Å². The van der Waals surface area contributed by atoms with Gasteiger partial charge < -0.3 is 14.4 Å². The molecule has 1 N–H and O–H groups in total. The van der Waals surface area contributed by atoms with Crippen molar-refractivity contribution in [2.75, 3.05) is 18.5 Å². The zero-order chi connectivity index (χ0) is 22.1. The molecule has 0 saturated heterocycles. The van der Waals surface area contributed by atoms with Crippen molar-refractivity contribution in [2.45, 2.75) is 46.3 Å². The lowest BCUT2D eigenvalue weighted by Crippen LogP contribution is -2.06. The van der Waals surface area contributed by atoms with Crippen LogP contribution in [0.4, 0.5) is 5.69 Å². The molecule has 0 bridgehead atoms. The van der Waals surface area contributed by atoms with Gasteiger partial charge in [0.15, 0.2) is 0 Å². The molecule has 7 heteroatoms. The van der Waals surface area contributed by atoms with Crippen LogP contribution in [0.25, 0.3) is 5.69 Å². The number of rotatable bonds is 12. The molecule has 2 aromatic carbocycles. The number of hydrogen-bond acceptors (Lipinski definition) is 5. The van der Waals surface area contributed by atoms with Crippen molar-refractivity contribution in [2.24, 2.45) is 0 Å². The van der Waals surface area contributed by atoms with Gasteiger partial charge in [-0.1, -0.05) is 43.7 Å². The highest BCUT2D eigenvalue weighted by Gasteiger charge is 2.23. The van der Waals surface area contributed by atoms with Crippen molar-refractivity contribution in [1.82, 2.24) is 9.78 Å². The van der Waals surface area contributed by atoms with Crippen LogP contribution in [-0.4, -0.2) is 23.0 Å². The van der Waals surface area contributed by atoms with E-state index in [1.807, 2.05) is 67.2 Å². The molecule has 0 unspecified atom stereocenters. The highest BCUT2D eigenvalue weighted by molar-refractivity contribution is 7.53. The van der Waals surface area contributed by atoms with Gasteiger partial charge in [0.25, 0.3) is 0 Å². The molecule has 0 saturated carbocycles. The number of nitrogens with one attached hydrogen (secondary N) is 1. The van der Waals surface area contributed by atoms with Crippen LogP contribution >= 0.6 is 7.60 Å². The second-order valence-electron chi connectivity index (χ2n) is 7.27. The lowest BCUT2D eigenvalue weighted by molar-refractivity contribution is 0.219. The number of benzene rings is 2. The highest BCUT2D eigenvalue weighted by Crippen LogP contribution is 2.51. The van der Waals surface area contributed by atoms with E-state index >= 15 is 0 Å². The Bertz CT molecular complexity index is 977. The van der Waals surface area contributed by atoms with E-state index in [9.17, 15) is 4.57 Å². The van der Waals surface area contributed by atoms with Gasteiger partial charge >= 0.3 is 7.60 Å². The second kappa shape index (κ2) is 11.3. The van der Waals surface area contributed by atoms with Crippen LogP contribution in [0.1, 0.15) is 44.0 Å². The standard InChI is InChI=1S/C24H32N3O3P/c1-4-10-24-21(18-26-27(24)23-11-8-7-9-12-23)17-25-22-15-13-20(14-16-22)19-31(28,29-5-2)30-6-3/h7-9,11-16,18,25H,4-6,10,17,19H2,1-3H3. The number of nitrogens with zero attached hydrogens (tertiary/aromatic N) is 2. The van der Waals surface area contributed by atoms with Crippen LogP contribution in [0.5, 0.6) is 0 Å². The Morgan fingerprint density at radius 2 is 1.65 bits per heavy atom. The molecule has 6 nitrogen and oxygen atoms in total. The minimum atomic E-state index is -3.09. The van der Waals surface area contributed by atoms with E-state index in [-0.39, 0.29) is 6.16 Å². The summed E-state index contributed by atoms with van der Waals surface area (Å²) in [6.07, 6.45) is 4.24. The smallest absolute Gasteiger partial charge is 0.335 e. The fraction of sp³-hybridized carbons (Fsp3) is 0.375. The fourth-order valence-electron chi connectivity index (χ4n) is 3.52. The summed E-state index contributed by atoms with van der Waals surface area (Å²) in [4.78, 5) is 0. The van der Waals surface area contributed by atoms with Crippen molar-refractivity contribution in [1.29, 1.82) is 0 Å². The van der Waals surface area contributed by atoms with E-state index in [1.165, 1.54) is 11.3 Å². The van der Waals surface area contributed by atoms with Crippen LogP contribution < -0.4 is 5.32 Å². The summed E-state index contributed by atoms with van der Waals surface area (Å²) < 4.78 is 25.5. The summed E-state index contributed by atoms with van der Waals surface area (Å²) in [6, 6.07) is 18.2. The summed E-state index contributed by atoms with van der Waals surface area (Å²) in [5.74, 6) is 0. The molecule has 3 rings (SSSR count). The SMILES string of the molecule is CCCc1c(CNc2ccc(CP(=O)(OCC)OCC)cc2)cnn1-c1ccccc1. The number of anilines is 1. The molecule has 1 heterocycles. The highest BCUT2D eigenvalue weighted by atomic mass is 31.2. The lowest BCUT2D eigenvalue weighted by atomic mass is 10.1. The predicted molar refractivity (Wildman–Crippen MR) is 126 cm³/mol. The third-order valence-corrected chi connectivity index (χ3v) is 6.96. The lowest BCUT2D eigenvalue weighted by Gasteiger charge is -2.17. The monoisotopic (exact) mass is 441 g/mol. The van der Waals surface area contributed by atoms with Crippen molar-refractivity contribution in [3.05, 3.63) is 77.6 Å². The predicted octanol–water partition coefficient (Wildman–Crippen LogP) is 6.20. The Kier molecular flexibility index (Phi) is 8.47. The Morgan fingerprint density at radius 3 is 2.26 bits per heavy atom.